The van der Waals surface area contributed by atoms with Crippen LogP contribution >= 0.6 is 0 Å². The fourth-order valence-corrected chi connectivity index (χ4v) is 1.49. The van der Waals surface area contributed by atoms with E-state index in [0.717, 1.165) is 11.1 Å². The van der Waals surface area contributed by atoms with Gasteiger partial charge in [0.1, 0.15) is 0 Å². The number of carboxylic acid groups (broad SMARTS) is 1. The normalized spacial score (nSPS) is 10.4. The molecular weight excluding hydrogens is 208 g/mol. The molecule has 4 nitrogen and oxygen atoms in total. The molecule has 0 fully saturated rings. The summed E-state index contributed by atoms with van der Waals surface area (Å²) in [5, 5.41) is 17.5. The lowest BCUT2D eigenvalue weighted by atomic mass is 10.0. The Bertz CT molecular complexity index is 360. The monoisotopic (exact) mass is 224 g/mol. The third-order valence-corrected chi connectivity index (χ3v) is 2.24. The molecule has 0 atom stereocenters. The molecule has 1 aromatic rings. The lowest BCUT2D eigenvalue weighted by molar-refractivity contribution is 0.0693. The average Bonchev–Trinajstić information content (AvgIpc) is 2.24. The SMILES string of the molecule is Cc1ccc(C(=O)O)c(CCOCCO)c1. The van der Waals surface area contributed by atoms with Crippen molar-refractivity contribution in [3.63, 3.8) is 0 Å². The highest BCUT2D eigenvalue weighted by molar-refractivity contribution is 5.89. The Balaban J connectivity index is 2.68. The first-order valence-corrected chi connectivity index (χ1v) is 5.16. The summed E-state index contributed by atoms with van der Waals surface area (Å²) in [6.45, 7) is 2.61. The van der Waals surface area contributed by atoms with Gasteiger partial charge in [0, 0.05) is 0 Å². The van der Waals surface area contributed by atoms with Gasteiger partial charge in [-0.3, -0.25) is 0 Å². The molecule has 0 saturated carbocycles. The summed E-state index contributed by atoms with van der Waals surface area (Å²) in [5.74, 6) is -0.919. The molecular formula is C12H16O4. The molecule has 16 heavy (non-hydrogen) atoms. The Morgan fingerprint density at radius 2 is 2.12 bits per heavy atom. The zero-order chi connectivity index (χ0) is 12.0. The Kier molecular flexibility index (Phi) is 4.95. The van der Waals surface area contributed by atoms with Gasteiger partial charge in [-0.2, -0.15) is 0 Å². The predicted molar refractivity (Wildman–Crippen MR) is 59.7 cm³/mol. The fourth-order valence-electron chi connectivity index (χ4n) is 1.49. The minimum Gasteiger partial charge on any atom is -0.478 e. The van der Waals surface area contributed by atoms with E-state index in [1.54, 1.807) is 12.1 Å². The molecule has 0 amide bonds. The Hall–Kier alpha value is -1.39. The van der Waals surface area contributed by atoms with E-state index in [1.807, 2.05) is 13.0 Å². The van der Waals surface area contributed by atoms with Crippen LogP contribution in [0.5, 0.6) is 0 Å². The number of ether oxygens (including phenoxy) is 1. The molecule has 1 aromatic carbocycles. The molecule has 0 aliphatic carbocycles. The van der Waals surface area contributed by atoms with Crippen molar-refractivity contribution >= 4 is 5.97 Å². The summed E-state index contributed by atoms with van der Waals surface area (Å²) in [4.78, 5) is 10.9. The van der Waals surface area contributed by atoms with Crippen LogP contribution in [0.3, 0.4) is 0 Å². The number of aryl methyl sites for hydroxylation is 1. The average molecular weight is 224 g/mol. The predicted octanol–water partition coefficient (Wildman–Crippen LogP) is 1.24. The third-order valence-electron chi connectivity index (χ3n) is 2.24. The van der Waals surface area contributed by atoms with E-state index < -0.39 is 5.97 Å². The molecule has 2 N–H and O–H groups in total. The second-order valence-corrected chi connectivity index (χ2v) is 3.55. The second-order valence-electron chi connectivity index (χ2n) is 3.55. The maximum atomic E-state index is 10.9. The van der Waals surface area contributed by atoms with Crippen LogP contribution in [-0.4, -0.2) is 36.0 Å². The number of hydrogen-bond donors (Lipinski definition) is 2. The van der Waals surface area contributed by atoms with E-state index in [1.165, 1.54) is 0 Å². The minimum absolute atomic E-state index is 0.0143. The molecule has 0 heterocycles. The highest BCUT2D eigenvalue weighted by Crippen LogP contribution is 2.12. The van der Waals surface area contributed by atoms with Crippen LogP contribution < -0.4 is 0 Å². The number of rotatable bonds is 6. The summed E-state index contributed by atoms with van der Waals surface area (Å²) in [5.41, 5.74) is 2.12. The van der Waals surface area contributed by atoms with Crippen LogP contribution in [0.4, 0.5) is 0 Å². The molecule has 0 unspecified atom stereocenters. The van der Waals surface area contributed by atoms with Gasteiger partial charge >= 0.3 is 5.97 Å². The number of hydrogen-bond acceptors (Lipinski definition) is 3. The zero-order valence-corrected chi connectivity index (χ0v) is 9.27. The quantitative estimate of drug-likeness (QED) is 0.713. The molecule has 0 aromatic heterocycles. The summed E-state index contributed by atoms with van der Waals surface area (Å²) in [6.07, 6.45) is 0.545. The van der Waals surface area contributed by atoms with Crippen LogP contribution in [-0.2, 0) is 11.2 Å². The van der Waals surface area contributed by atoms with Gasteiger partial charge in [0.2, 0.25) is 0 Å². The van der Waals surface area contributed by atoms with Gasteiger partial charge in [-0.25, -0.2) is 4.79 Å². The van der Waals surface area contributed by atoms with Crippen LogP contribution in [0.25, 0.3) is 0 Å². The number of aliphatic hydroxyl groups excluding tert-OH is 1. The summed E-state index contributed by atoms with van der Waals surface area (Å²) in [6, 6.07) is 5.24. The van der Waals surface area contributed by atoms with Gasteiger partial charge < -0.3 is 14.9 Å². The van der Waals surface area contributed by atoms with E-state index in [4.69, 9.17) is 14.9 Å². The largest absolute Gasteiger partial charge is 0.478 e. The number of aliphatic hydroxyl groups is 1. The van der Waals surface area contributed by atoms with Crippen molar-refractivity contribution in [2.75, 3.05) is 19.8 Å². The summed E-state index contributed by atoms with van der Waals surface area (Å²) < 4.78 is 5.12. The van der Waals surface area contributed by atoms with Gasteiger partial charge in [0.15, 0.2) is 0 Å². The number of aromatic carboxylic acids is 1. The van der Waals surface area contributed by atoms with Crippen molar-refractivity contribution in [2.45, 2.75) is 13.3 Å². The fraction of sp³-hybridized carbons (Fsp3) is 0.417. The Morgan fingerprint density at radius 1 is 1.38 bits per heavy atom. The smallest absolute Gasteiger partial charge is 0.335 e. The molecule has 0 saturated heterocycles. The third kappa shape index (κ3) is 3.64. The van der Waals surface area contributed by atoms with Crippen LogP contribution in [0.1, 0.15) is 21.5 Å². The Labute approximate surface area is 94.5 Å². The lowest BCUT2D eigenvalue weighted by Crippen LogP contribution is -2.08. The molecule has 0 bridgehead atoms. The van der Waals surface area contributed by atoms with E-state index >= 15 is 0 Å². The number of carbonyl (C=O) groups is 1. The van der Waals surface area contributed by atoms with E-state index in [-0.39, 0.29) is 13.2 Å². The molecule has 4 heteroatoms. The number of benzene rings is 1. The van der Waals surface area contributed by atoms with Crippen molar-refractivity contribution < 1.29 is 19.7 Å². The first-order chi connectivity index (χ1) is 7.65. The summed E-state index contributed by atoms with van der Waals surface area (Å²) in [7, 11) is 0. The molecule has 88 valence electrons. The van der Waals surface area contributed by atoms with Crippen molar-refractivity contribution in [3.8, 4) is 0 Å². The van der Waals surface area contributed by atoms with Crippen LogP contribution in [0.2, 0.25) is 0 Å². The first kappa shape index (κ1) is 12.7. The second kappa shape index (κ2) is 6.25. The number of carboxylic acids is 1. The van der Waals surface area contributed by atoms with Crippen molar-refractivity contribution in [2.24, 2.45) is 0 Å². The van der Waals surface area contributed by atoms with Crippen molar-refractivity contribution in [1.82, 2.24) is 0 Å². The highest BCUT2D eigenvalue weighted by Gasteiger charge is 2.09. The highest BCUT2D eigenvalue weighted by atomic mass is 16.5. The first-order valence-electron chi connectivity index (χ1n) is 5.16. The minimum atomic E-state index is -0.919. The molecule has 0 aliphatic rings. The summed E-state index contributed by atoms with van der Waals surface area (Å²) >= 11 is 0. The van der Waals surface area contributed by atoms with Gasteiger partial charge in [-0.15, -0.1) is 0 Å². The lowest BCUT2D eigenvalue weighted by Gasteiger charge is -2.07. The van der Waals surface area contributed by atoms with Gasteiger partial charge in [0.05, 0.1) is 25.4 Å². The zero-order valence-electron chi connectivity index (χ0n) is 9.27. The molecule has 0 aliphatic heterocycles. The van der Waals surface area contributed by atoms with E-state index in [9.17, 15) is 4.79 Å². The molecule has 0 spiro atoms. The van der Waals surface area contributed by atoms with Gasteiger partial charge in [0.25, 0.3) is 0 Å². The van der Waals surface area contributed by atoms with Crippen molar-refractivity contribution in [1.29, 1.82) is 0 Å². The van der Waals surface area contributed by atoms with Crippen molar-refractivity contribution in [3.05, 3.63) is 34.9 Å². The molecule has 0 radical (unpaired) electrons. The van der Waals surface area contributed by atoms with Gasteiger partial charge in [-0.1, -0.05) is 17.7 Å². The topological polar surface area (TPSA) is 66.8 Å². The standard InChI is InChI=1S/C12H16O4/c1-9-2-3-11(12(14)15)10(8-9)4-6-16-7-5-13/h2-3,8,13H,4-7H2,1H3,(H,14,15). The van der Waals surface area contributed by atoms with E-state index in [0.29, 0.717) is 18.6 Å². The Morgan fingerprint density at radius 3 is 2.75 bits per heavy atom. The van der Waals surface area contributed by atoms with E-state index in [2.05, 4.69) is 0 Å². The maximum absolute atomic E-state index is 10.9. The van der Waals surface area contributed by atoms with Crippen LogP contribution in [0, 0.1) is 6.92 Å². The molecule has 1 rings (SSSR count). The van der Waals surface area contributed by atoms with Crippen LogP contribution in [0.15, 0.2) is 18.2 Å². The maximum Gasteiger partial charge on any atom is 0.335 e. The van der Waals surface area contributed by atoms with Gasteiger partial charge in [-0.05, 0) is 25.0 Å².